The highest BCUT2D eigenvalue weighted by atomic mass is 19.4. The molecule has 0 spiro atoms. The van der Waals surface area contributed by atoms with Gasteiger partial charge in [-0.05, 0) is 54.7 Å². The fraction of sp³-hybridized carbons (Fsp3) is 0.500. The number of hydrogen-bond donors (Lipinski definition) is 1. The van der Waals surface area contributed by atoms with Gasteiger partial charge < -0.3 is 24.1 Å². The second-order valence-corrected chi connectivity index (χ2v) is 8.50. The Balaban J connectivity index is 1.51. The molecule has 0 aromatic heterocycles. The summed E-state index contributed by atoms with van der Waals surface area (Å²) in [6.07, 6.45) is -0.921. The molecular weight excluding hydrogens is 465 g/mol. The molecule has 2 aromatic carbocycles. The summed E-state index contributed by atoms with van der Waals surface area (Å²) in [5.41, 5.74) is 0.540. The van der Waals surface area contributed by atoms with Crippen molar-refractivity contribution >= 4 is 5.97 Å². The smallest absolute Gasteiger partial charge is 0.422 e. The van der Waals surface area contributed by atoms with Crippen molar-refractivity contribution in [2.45, 2.75) is 64.1 Å². The largest absolute Gasteiger partial charge is 0.493 e. The molecular formula is C26H31F3O6. The van der Waals surface area contributed by atoms with Crippen molar-refractivity contribution in [1.82, 2.24) is 0 Å². The second kappa shape index (κ2) is 11.6. The number of rotatable bonds is 12. The molecule has 1 atom stereocenters. The number of aryl methyl sites for hydroxylation is 2. The minimum atomic E-state index is -4.39. The lowest BCUT2D eigenvalue weighted by molar-refractivity contribution is -0.157. The van der Waals surface area contributed by atoms with Crippen molar-refractivity contribution in [1.29, 1.82) is 0 Å². The number of carbonyl (C=O) groups is 1. The van der Waals surface area contributed by atoms with Gasteiger partial charge in [-0.25, -0.2) is 4.79 Å². The van der Waals surface area contributed by atoms with Gasteiger partial charge in [-0.2, -0.15) is 13.2 Å². The van der Waals surface area contributed by atoms with E-state index < -0.39 is 24.4 Å². The topological polar surface area (TPSA) is 74.2 Å². The predicted octanol–water partition coefficient (Wildman–Crippen LogP) is 5.99. The first kappa shape index (κ1) is 26.5. The van der Waals surface area contributed by atoms with Crippen molar-refractivity contribution in [3.8, 4) is 23.0 Å². The number of ether oxygens (including phenoxy) is 4. The fourth-order valence-electron chi connectivity index (χ4n) is 3.92. The molecule has 0 saturated heterocycles. The third kappa shape index (κ3) is 7.19. The first-order valence-electron chi connectivity index (χ1n) is 11.8. The molecule has 9 heteroatoms. The molecule has 0 amide bonds. The average Bonchev–Trinajstić information content (AvgIpc) is 2.82. The van der Waals surface area contributed by atoms with Gasteiger partial charge in [0.05, 0.1) is 13.2 Å². The molecule has 1 N–H and O–H groups in total. The number of carboxylic acids is 1. The predicted molar refractivity (Wildman–Crippen MR) is 124 cm³/mol. The standard InChI is InChI=1S/C26H31F3O6/c1-3-6-19-15-20(34-17-26(27,28)29)9-10-22(19)33-14-5-13-32-21-8-7-18-11-12-25(4-2,24(30)31)35-23(18)16-21/h7-10,15-16H,3-6,11-14,17H2,1-2H3,(H,30,31). The number of aliphatic carboxylic acids is 1. The molecule has 1 aliphatic rings. The Hall–Kier alpha value is -3.10. The van der Waals surface area contributed by atoms with E-state index >= 15 is 0 Å². The molecule has 1 unspecified atom stereocenters. The van der Waals surface area contributed by atoms with Gasteiger partial charge in [0.2, 0.25) is 5.60 Å². The zero-order chi connectivity index (χ0) is 25.5. The molecule has 0 saturated carbocycles. The SMILES string of the molecule is CCCc1cc(OCC(F)(F)F)ccc1OCCCOc1ccc2c(c1)OC(CC)(C(=O)O)CC2. The lowest BCUT2D eigenvalue weighted by atomic mass is 9.89. The highest BCUT2D eigenvalue weighted by molar-refractivity contribution is 5.78. The first-order chi connectivity index (χ1) is 16.7. The lowest BCUT2D eigenvalue weighted by Gasteiger charge is -2.34. The Kier molecular flexibility index (Phi) is 8.75. The number of fused-ring (bicyclic) bond motifs is 1. The van der Waals surface area contributed by atoms with Crippen molar-refractivity contribution < 1.29 is 42.0 Å². The van der Waals surface area contributed by atoms with E-state index in [2.05, 4.69) is 0 Å². The van der Waals surface area contributed by atoms with Crippen LogP contribution in [0.25, 0.3) is 0 Å². The van der Waals surface area contributed by atoms with Crippen LogP contribution in [0.5, 0.6) is 23.0 Å². The van der Waals surface area contributed by atoms with Crippen molar-refractivity contribution in [2.75, 3.05) is 19.8 Å². The summed E-state index contributed by atoms with van der Waals surface area (Å²) >= 11 is 0. The van der Waals surface area contributed by atoms with Crippen LogP contribution in [0.15, 0.2) is 36.4 Å². The number of halogens is 3. The van der Waals surface area contributed by atoms with Gasteiger partial charge in [0.15, 0.2) is 6.61 Å². The third-order valence-electron chi connectivity index (χ3n) is 5.87. The van der Waals surface area contributed by atoms with Crippen LogP contribution in [-0.4, -0.2) is 42.7 Å². The average molecular weight is 497 g/mol. The molecule has 1 heterocycles. The summed E-state index contributed by atoms with van der Waals surface area (Å²) in [6, 6.07) is 10.1. The summed E-state index contributed by atoms with van der Waals surface area (Å²) in [5.74, 6) is 0.922. The highest BCUT2D eigenvalue weighted by Gasteiger charge is 2.42. The van der Waals surface area contributed by atoms with Crippen LogP contribution in [0.2, 0.25) is 0 Å². The Labute approximate surface area is 202 Å². The number of carboxylic acid groups (broad SMARTS) is 1. The third-order valence-corrected chi connectivity index (χ3v) is 5.87. The van der Waals surface area contributed by atoms with E-state index in [0.717, 1.165) is 17.5 Å². The minimum absolute atomic E-state index is 0.158. The monoisotopic (exact) mass is 496 g/mol. The summed E-state index contributed by atoms with van der Waals surface area (Å²) in [5, 5.41) is 9.58. The molecule has 3 rings (SSSR count). The van der Waals surface area contributed by atoms with Gasteiger partial charge in [-0.1, -0.05) is 26.3 Å². The zero-order valence-electron chi connectivity index (χ0n) is 20.0. The fourth-order valence-corrected chi connectivity index (χ4v) is 3.92. The van der Waals surface area contributed by atoms with Crippen LogP contribution in [-0.2, 0) is 17.6 Å². The zero-order valence-corrected chi connectivity index (χ0v) is 20.0. The molecule has 0 aliphatic carbocycles. The maximum absolute atomic E-state index is 12.4. The van der Waals surface area contributed by atoms with E-state index in [0.29, 0.717) is 62.6 Å². The molecule has 192 valence electrons. The lowest BCUT2D eigenvalue weighted by Crippen LogP contribution is -2.46. The number of hydrogen-bond acceptors (Lipinski definition) is 5. The molecule has 1 aliphatic heterocycles. The van der Waals surface area contributed by atoms with Crippen molar-refractivity contribution in [2.24, 2.45) is 0 Å². The number of benzene rings is 2. The van der Waals surface area contributed by atoms with Crippen LogP contribution in [0.3, 0.4) is 0 Å². The Morgan fingerprint density at radius 2 is 1.77 bits per heavy atom. The summed E-state index contributed by atoms with van der Waals surface area (Å²) in [7, 11) is 0. The maximum Gasteiger partial charge on any atom is 0.422 e. The molecule has 35 heavy (non-hydrogen) atoms. The van der Waals surface area contributed by atoms with Crippen LogP contribution in [0.1, 0.15) is 50.7 Å². The van der Waals surface area contributed by atoms with Gasteiger partial charge in [-0.15, -0.1) is 0 Å². The number of alkyl halides is 3. The summed E-state index contributed by atoms with van der Waals surface area (Å²) in [4.78, 5) is 11.7. The quantitative estimate of drug-likeness (QED) is 0.364. The van der Waals surface area contributed by atoms with E-state index in [4.69, 9.17) is 18.9 Å². The molecule has 0 radical (unpaired) electrons. The minimum Gasteiger partial charge on any atom is -0.493 e. The van der Waals surface area contributed by atoms with Crippen LogP contribution < -0.4 is 18.9 Å². The van der Waals surface area contributed by atoms with E-state index in [9.17, 15) is 23.1 Å². The van der Waals surface area contributed by atoms with Crippen LogP contribution in [0.4, 0.5) is 13.2 Å². The van der Waals surface area contributed by atoms with Gasteiger partial charge in [0.25, 0.3) is 0 Å². The van der Waals surface area contributed by atoms with E-state index in [1.54, 1.807) is 25.1 Å². The van der Waals surface area contributed by atoms with Crippen molar-refractivity contribution in [3.63, 3.8) is 0 Å². The molecule has 0 fully saturated rings. The van der Waals surface area contributed by atoms with E-state index in [-0.39, 0.29) is 5.75 Å². The van der Waals surface area contributed by atoms with Crippen LogP contribution in [0, 0.1) is 0 Å². The molecule has 2 aromatic rings. The molecule has 6 nitrogen and oxygen atoms in total. The summed E-state index contributed by atoms with van der Waals surface area (Å²) in [6.45, 7) is 3.17. The van der Waals surface area contributed by atoms with E-state index in [1.807, 2.05) is 19.1 Å². The Morgan fingerprint density at radius 3 is 2.46 bits per heavy atom. The van der Waals surface area contributed by atoms with Gasteiger partial charge in [-0.3, -0.25) is 0 Å². The van der Waals surface area contributed by atoms with Gasteiger partial charge in [0, 0.05) is 18.9 Å². The molecule has 0 bridgehead atoms. The Morgan fingerprint density at radius 1 is 1.06 bits per heavy atom. The van der Waals surface area contributed by atoms with E-state index in [1.165, 1.54) is 6.07 Å². The van der Waals surface area contributed by atoms with Gasteiger partial charge in [0.1, 0.15) is 23.0 Å². The van der Waals surface area contributed by atoms with Gasteiger partial charge >= 0.3 is 12.1 Å². The summed E-state index contributed by atoms with van der Waals surface area (Å²) < 4.78 is 59.5. The maximum atomic E-state index is 12.4. The first-order valence-corrected chi connectivity index (χ1v) is 11.8. The highest BCUT2D eigenvalue weighted by Crippen LogP contribution is 2.37. The second-order valence-electron chi connectivity index (χ2n) is 8.50. The normalized spacial score (nSPS) is 17.3. The Bertz CT molecular complexity index is 1010. The van der Waals surface area contributed by atoms with Crippen LogP contribution >= 0.6 is 0 Å². The van der Waals surface area contributed by atoms with Crippen molar-refractivity contribution in [3.05, 3.63) is 47.5 Å².